The molecule has 0 radical (unpaired) electrons. The van der Waals surface area contributed by atoms with Gasteiger partial charge in [-0.05, 0) is 95.6 Å². The number of likely N-dealkylation sites (N-methyl/N-ethyl adjacent to an activating group) is 2. The number of primary amides is 1. The van der Waals surface area contributed by atoms with Crippen LogP contribution in [0.25, 0.3) is 12.2 Å². The second kappa shape index (κ2) is 31.5. The van der Waals surface area contributed by atoms with E-state index in [1.165, 1.54) is 11.8 Å². The van der Waals surface area contributed by atoms with Crippen LogP contribution in [0.2, 0.25) is 0 Å². The summed E-state index contributed by atoms with van der Waals surface area (Å²) in [6.45, 7) is 18.5. The summed E-state index contributed by atoms with van der Waals surface area (Å²) in [5.41, 5.74) is 9.80. The number of nitrogens with one attached hydrogen (secondary N) is 7. The molecule has 1 aliphatic heterocycles. The number of carbonyl (C=O) groups is 9. The number of ether oxygens (including phenoxy) is 1. The third kappa shape index (κ3) is 19.9. The summed E-state index contributed by atoms with van der Waals surface area (Å²) in [5, 5.41) is 29.3. The molecule has 4 aromatic rings. The van der Waals surface area contributed by atoms with Crippen LogP contribution in [0.5, 0.6) is 0 Å². The lowest BCUT2D eigenvalue weighted by Gasteiger charge is -2.40. The molecule has 21 nitrogen and oxygen atoms in total. The Morgan fingerprint density at radius 1 is 0.736 bits per heavy atom. The molecule has 0 saturated carbocycles. The highest BCUT2D eigenvalue weighted by Gasteiger charge is 2.42. The predicted octanol–water partition coefficient (Wildman–Crippen LogP) is 7.53. The number of anilines is 2. The van der Waals surface area contributed by atoms with Crippen molar-refractivity contribution >= 4 is 77.1 Å². The molecular weight excluding hydrogens is 1110 g/mol. The largest absolute Gasteiger partial charge is 0.478 e. The Morgan fingerprint density at radius 2 is 1.39 bits per heavy atom. The number of carboxylic acid groups (broad SMARTS) is 1. The number of rotatable bonds is 27. The Kier molecular flexibility index (Phi) is 25.0. The average Bonchev–Trinajstić information content (AvgIpc) is 1.57. The van der Waals surface area contributed by atoms with Crippen LogP contribution in [0.1, 0.15) is 128 Å². The number of hydrogen-bond acceptors (Lipinski definition) is 11. The zero-order chi connectivity index (χ0) is 64.3. The van der Waals surface area contributed by atoms with E-state index < -0.39 is 88.7 Å². The number of hydrogen-bond donors (Lipinski definition) is 9. The van der Waals surface area contributed by atoms with Crippen LogP contribution in [0.4, 0.5) is 21.0 Å². The molecule has 468 valence electrons. The molecule has 0 aromatic heterocycles. The minimum atomic E-state index is -1.11. The minimum Gasteiger partial charge on any atom is -0.478 e. The van der Waals surface area contributed by atoms with Crippen molar-refractivity contribution in [3.05, 3.63) is 142 Å². The predicted molar refractivity (Wildman–Crippen MR) is 336 cm³/mol. The quantitative estimate of drug-likeness (QED) is 0.0207. The van der Waals surface area contributed by atoms with Crippen LogP contribution in [0.3, 0.4) is 0 Å². The molecule has 0 aliphatic carbocycles. The van der Waals surface area contributed by atoms with Gasteiger partial charge in [-0.1, -0.05) is 159 Å². The molecule has 1 aliphatic rings. The fourth-order valence-electron chi connectivity index (χ4n) is 10.2. The van der Waals surface area contributed by atoms with E-state index in [-0.39, 0.29) is 68.7 Å². The second-order valence-corrected chi connectivity index (χ2v) is 24.3. The molecule has 87 heavy (non-hydrogen) atoms. The summed E-state index contributed by atoms with van der Waals surface area (Å²) in [6, 6.07) is 24.0. The Balaban J connectivity index is 1.16. The fourth-order valence-corrected chi connectivity index (χ4v) is 10.2. The molecule has 0 bridgehead atoms. The fraction of sp³-hybridized carbons (Fsp3) is 0.439. The van der Waals surface area contributed by atoms with Crippen molar-refractivity contribution in [2.75, 3.05) is 30.9 Å². The monoisotopic (exact) mass is 1200 g/mol. The van der Waals surface area contributed by atoms with Gasteiger partial charge in [-0.25, -0.2) is 14.4 Å². The molecular formula is C66H88N10O11. The number of para-hydroxylation sites is 1. The van der Waals surface area contributed by atoms with Gasteiger partial charge in [0.05, 0.1) is 24.3 Å². The molecule has 4 aromatic carbocycles. The van der Waals surface area contributed by atoms with Gasteiger partial charge in [-0.2, -0.15) is 0 Å². The Morgan fingerprint density at radius 3 is 2.02 bits per heavy atom. The Bertz CT molecular complexity index is 3170. The zero-order valence-electron chi connectivity index (χ0n) is 52.2. The first-order chi connectivity index (χ1) is 41.0. The van der Waals surface area contributed by atoms with Crippen LogP contribution in [0.15, 0.2) is 109 Å². The SMILES string of the molecule is CNC(C(=O)N[C@H](C(=O)N(C)[C@H](/C=C(\C)C(=O)O)C(C)C)C(C)(C)C)C(C)(C)c1cccc(CNC(=O)OCc2ccc(NC(=O)[C@H](CCCNC(N)=O)NC(=O)[C@@H](NC(=O)CCC(=O)N3Cc4ccccc4/C=C\c4ccccc43)C(C)C)cc2)c1. The van der Waals surface area contributed by atoms with E-state index in [9.17, 15) is 48.3 Å². The molecule has 1 heterocycles. The van der Waals surface area contributed by atoms with E-state index in [1.807, 2.05) is 133 Å². The molecule has 21 heteroatoms. The smallest absolute Gasteiger partial charge is 0.407 e. The third-order valence-electron chi connectivity index (χ3n) is 15.4. The van der Waals surface area contributed by atoms with E-state index in [4.69, 9.17) is 10.5 Å². The van der Waals surface area contributed by atoms with Gasteiger partial charge in [-0.15, -0.1) is 0 Å². The lowest BCUT2D eigenvalue weighted by atomic mass is 9.76. The van der Waals surface area contributed by atoms with Crippen molar-refractivity contribution in [2.24, 2.45) is 23.0 Å². The maximum Gasteiger partial charge on any atom is 0.407 e. The van der Waals surface area contributed by atoms with Crippen molar-refractivity contribution in [1.29, 1.82) is 0 Å². The standard InChI is InChI=1S/C66H88N10O11/c1-40(2)52(35-42(5)62(83)84)75(12)61(82)57(65(6,7)8)74-60(81)56(68-11)66(9,10)48-23-17-19-44(36-48)37-70-64(86)87-39-43-26-30-49(31-27-43)71-58(79)50(24-18-34-69-63(67)85)72-59(80)55(41(3)4)73-53(77)32-33-54(78)76-38-47-22-14-13-20-45(47)28-29-46-21-15-16-25-51(46)76/h13-17,19-23,25-31,35-36,40-41,50,52,55-57,68H,18,24,32-34,37-39H2,1-12H3,(H,70,86)(H,71,79)(H,72,80)(H,73,77)(H,74,81)(H,83,84)(H3,67,69,85)/b29-28-,42-35+/t50-,52+,55-,56?,57+/m0/s1. The van der Waals surface area contributed by atoms with Crippen molar-refractivity contribution in [1.82, 2.24) is 36.8 Å². The number of urea groups is 1. The van der Waals surface area contributed by atoms with Crippen LogP contribution in [0, 0.1) is 17.3 Å². The van der Waals surface area contributed by atoms with Gasteiger partial charge < -0.3 is 62.6 Å². The molecule has 5 rings (SSSR count). The molecule has 5 atom stereocenters. The van der Waals surface area contributed by atoms with E-state index in [0.29, 0.717) is 23.5 Å². The van der Waals surface area contributed by atoms with E-state index in [0.717, 1.165) is 27.8 Å². The van der Waals surface area contributed by atoms with Crippen molar-refractivity contribution < 1.29 is 53.0 Å². The molecule has 1 unspecified atom stereocenters. The number of benzene rings is 4. The number of alkyl carbamates (subject to hydrolysis) is 1. The Hall–Kier alpha value is -8.85. The molecule has 9 amide bonds. The maximum atomic E-state index is 14.2. The average molecular weight is 1200 g/mol. The van der Waals surface area contributed by atoms with Gasteiger partial charge in [0, 0.05) is 49.7 Å². The summed E-state index contributed by atoms with van der Waals surface area (Å²) in [7, 11) is 3.28. The minimum absolute atomic E-state index is 0.0919. The van der Waals surface area contributed by atoms with E-state index >= 15 is 0 Å². The summed E-state index contributed by atoms with van der Waals surface area (Å²) in [4.78, 5) is 123. The first-order valence-corrected chi connectivity index (χ1v) is 29.4. The molecule has 0 spiro atoms. The summed E-state index contributed by atoms with van der Waals surface area (Å²) in [5.74, 6) is -4.37. The highest BCUT2D eigenvalue weighted by Crippen LogP contribution is 2.32. The third-order valence-corrected chi connectivity index (χ3v) is 15.4. The highest BCUT2D eigenvalue weighted by atomic mass is 16.5. The first kappa shape index (κ1) is 68.9. The maximum absolute atomic E-state index is 14.2. The molecule has 10 N–H and O–H groups in total. The number of amides is 9. The van der Waals surface area contributed by atoms with Crippen molar-refractivity contribution in [2.45, 2.75) is 150 Å². The lowest BCUT2D eigenvalue weighted by Crippen LogP contribution is -2.61. The number of nitrogens with zero attached hydrogens (tertiary/aromatic N) is 2. The second-order valence-electron chi connectivity index (χ2n) is 24.3. The zero-order valence-corrected chi connectivity index (χ0v) is 52.2. The summed E-state index contributed by atoms with van der Waals surface area (Å²) in [6.07, 6.45) is 4.87. The van der Waals surface area contributed by atoms with Crippen molar-refractivity contribution in [3.8, 4) is 0 Å². The normalized spacial score (nSPS) is 14.5. The van der Waals surface area contributed by atoms with Gasteiger partial charge in [0.25, 0.3) is 0 Å². The number of aliphatic carboxylic acids is 1. The van der Waals surface area contributed by atoms with Crippen LogP contribution >= 0.6 is 0 Å². The van der Waals surface area contributed by atoms with Crippen LogP contribution in [-0.4, -0.2) is 114 Å². The van der Waals surface area contributed by atoms with Gasteiger partial charge >= 0.3 is 18.1 Å². The van der Waals surface area contributed by atoms with E-state index in [1.54, 1.807) is 63.2 Å². The Labute approximate surface area is 511 Å². The topological polar surface area (TPSA) is 300 Å². The van der Waals surface area contributed by atoms with Gasteiger partial charge in [0.1, 0.15) is 24.7 Å². The lowest BCUT2D eigenvalue weighted by molar-refractivity contribution is -0.141. The molecule has 0 saturated heterocycles. The highest BCUT2D eigenvalue weighted by molar-refractivity contribution is 6.00. The number of carboxylic acids is 1. The summed E-state index contributed by atoms with van der Waals surface area (Å²) < 4.78 is 5.53. The number of nitrogens with two attached hydrogens (primary N) is 1. The van der Waals surface area contributed by atoms with Crippen molar-refractivity contribution in [3.63, 3.8) is 0 Å². The first-order valence-electron chi connectivity index (χ1n) is 29.4. The summed E-state index contributed by atoms with van der Waals surface area (Å²) >= 11 is 0. The van der Waals surface area contributed by atoms with Crippen LogP contribution < -0.4 is 47.9 Å². The molecule has 0 fully saturated rings. The van der Waals surface area contributed by atoms with Gasteiger partial charge in [0.2, 0.25) is 35.4 Å². The van der Waals surface area contributed by atoms with E-state index in [2.05, 4.69) is 37.2 Å². The number of carbonyl (C=O) groups excluding carboxylic acids is 8. The van der Waals surface area contributed by atoms with Gasteiger partial charge in [-0.3, -0.25) is 28.8 Å². The van der Waals surface area contributed by atoms with Gasteiger partial charge in [0.15, 0.2) is 0 Å². The van der Waals surface area contributed by atoms with Crippen LogP contribution in [-0.2, 0) is 63.4 Å². The number of fused-ring (bicyclic) bond motifs is 2.